The van der Waals surface area contributed by atoms with Gasteiger partial charge in [-0.25, -0.2) is 4.79 Å². The molecule has 0 radical (unpaired) electrons. The number of hydrogen-bond acceptors (Lipinski definition) is 5. The van der Waals surface area contributed by atoms with E-state index in [2.05, 4.69) is 10.9 Å². The number of rotatable bonds is 5. The zero-order valence-corrected chi connectivity index (χ0v) is 15.7. The summed E-state index contributed by atoms with van der Waals surface area (Å²) in [6.45, 7) is 2.53. The van der Waals surface area contributed by atoms with E-state index in [0.717, 1.165) is 6.42 Å². The third-order valence-corrected chi connectivity index (χ3v) is 4.07. The molecule has 0 bridgehead atoms. The lowest BCUT2D eigenvalue weighted by Crippen LogP contribution is -2.43. The maximum absolute atomic E-state index is 12.3. The summed E-state index contributed by atoms with van der Waals surface area (Å²) in [7, 11) is 0. The lowest BCUT2D eigenvalue weighted by molar-refractivity contribution is 0.0844. The van der Waals surface area contributed by atoms with E-state index in [9.17, 15) is 14.4 Å². The van der Waals surface area contributed by atoms with Crippen molar-refractivity contribution in [3.63, 3.8) is 0 Å². The first-order chi connectivity index (χ1) is 13.5. The Balaban J connectivity index is 1.74. The van der Waals surface area contributed by atoms with Gasteiger partial charge < -0.3 is 9.15 Å². The smallest absolute Gasteiger partial charge is 0.349 e. The number of hydrazine groups is 1. The third kappa shape index (κ3) is 4.50. The molecule has 7 nitrogen and oxygen atoms in total. The van der Waals surface area contributed by atoms with Crippen molar-refractivity contribution in [2.75, 3.05) is 6.61 Å². The monoisotopic (exact) mass is 400 g/mol. The first-order valence-corrected chi connectivity index (χ1v) is 8.92. The molecule has 1 heterocycles. The Labute approximate surface area is 165 Å². The Bertz CT molecular complexity index is 1080. The van der Waals surface area contributed by atoms with Crippen molar-refractivity contribution >= 4 is 34.4 Å². The molecule has 2 N–H and O–H groups in total. The number of halogens is 1. The van der Waals surface area contributed by atoms with Crippen molar-refractivity contribution in [2.24, 2.45) is 0 Å². The summed E-state index contributed by atoms with van der Waals surface area (Å²) >= 11 is 5.77. The molecule has 0 unspecified atom stereocenters. The van der Waals surface area contributed by atoms with Crippen molar-refractivity contribution in [1.29, 1.82) is 0 Å². The molecule has 3 aromatic rings. The second kappa shape index (κ2) is 8.58. The normalized spacial score (nSPS) is 10.5. The van der Waals surface area contributed by atoms with Gasteiger partial charge in [0.2, 0.25) is 0 Å². The SMILES string of the molecule is CCCOc1ccc2cc(C(=O)NNC(=O)c3ccc(Cl)cc3)c(=O)oc2c1. The molecule has 0 spiro atoms. The quantitative estimate of drug-likeness (QED) is 0.505. The molecule has 0 saturated heterocycles. The lowest BCUT2D eigenvalue weighted by Gasteiger charge is -2.08. The van der Waals surface area contributed by atoms with Gasteiger partial charge in [-0.2, -0.15) is 0 Å². The second-order valence-electron chi connectivity index (χ2n) is 5.91. The van der Waals surface area contributed by atoms with E-state index < -0.39 is 17.4 Å². The van der Waals surface area contributed by atoms with Crippen LogP contribution >= 0.6 is 11.6 Å². The van der Waals surface area contributed by atoms with Gasteiger partial charge in [-0.15, -0.1) is 0 Å². The number of fused-ring (bicyclic) bond motifs is 1. The largest absolute Gasteiger partial charge is 0.493 e. The molecule has 0 atom stereocenters. The van der Waals surface area contributed by atoms with Gasteiger partial charge in [-0.05, 0) is 48.9 Å². The Morgan fingerprint density at radius 2 is 1.75 bits per heavy atom. The Morgan fingerprint density at radius 3 is 2.46 bits per heavy atom. The third-order valence-electron chi connectivity index (χ3n) is 3.82. The Hall–Kier alpha value is -3.32. The minimum Gasteiger partial charge on any atom is -0.493 e. The van der Waals surface area contributed by atoms with Crippen LogP contribution in [0.3, 0.4) is 0 Å². The van der Waals surface area contributed by atoms with Gasteiger partial charge in [0.1, 0.15) is 16.9 Å². The van der Waals surface area contributed by atoms with Gasteiger partial charge >= 0.3 is 5.63 Å². The fourth-order valence-electron chi connectivity index (χ4n) is 2.41. The van der Waals surface area contributed by atoms with Crippen molar-refractivity contribution in [3.05, 3.63) is 75.1 Å². The molecule has 0 aliphatic rings. The summed E-state index contributed by atoms with van der Waals surface area (Å²) in [6.07, 6.45) is 0.850. The maximum atomic E-state index is 12.3. The maximum Gasteiger partial charge on any atom is 0.349 e. The van der Waals surface area contributed by atoms with Crippen LogP contribution in [0.1, 0.15) is 34.1 Å². The van der Waals surface area contributed by atoms with Crippen LogP contribution in [0.2, 0.25) is 5.02 Å². The second-order valence-corrected chi connectivity index (χ2v) is 6.35. The van der Waals surface area contributed by atoms with Crippen molar-refractivity contribution in [1.82, 2.24) is 10.9 Å². The number of nitrogens with one attached hydrogen (secondary N) is 2. The minimum absolute atomic E-state index is 0.230. The van der Waals surface area contributed by atoms with Gasteiger partial charge in [-0.1, -0.05) is 18.5 Å². The van der Waals surface area contributed by atoms with E-state index >= 15 is 0 Å². The molecule has 144 valence electrons. The first-order valence-electron chi connectivity index (χ1n) is 8.55. The van der Waals surface area contributed by atoms with Crippen LogP contribution in [-0.4, -0.2) is 18.4 Å². The number of carbonyl (C=O) groups excluding carboxylic acids is 2. The highest BCUT2D eigenvalue weighted by atomic mass is 35.5. The molecular formula is C20H17ClN2O5. The van der Waals surface area contributed by atoms with Crippen molar-refractivity contribution in [3.8, 4) is 5.75 Å². The molecule has 3 rings (SSSR count). The van der Waals surface area contributed by atoms with Gasteiger partial charge in [0, 0.05) is 22.0 Å². The summed E-state index contributed by atoms with van der Waals surface area (Å²) in [6, 6.07) is 12.5. The van der Waals surface area contributed by atoms with Gasteiger partial charge in [-0.3, -0.25) is 20.4 Å². The highest BCUT2D eigenvalue weighted by Crippen LogP contribution is 2.20. The van der Waals surface area contributed by atoms with E-state index in [-0.39, 0.29) is 5.56 Å². The van der Waals surface area contributed by atoms with Crippen LogP contribution in [0, 0.1) is 0 Å². The number of hydrogen-bond donors (Lipinski definition) is 2. The van der Waals surface area contributed by atoms with Gasteiger partial charge in [0.05, 0.1) is 6.61 Å². The van der Waals surface area contributed by atoms with Crippen LogP contribution in [0.4, 0.5) is 0 Å². The molecule has 0 fully saturated rings. The van der Waals surface area contributed by atoms with Crippen molar-refractivity contribution < 1.29 is 18.7 Å². The fraction of sp³-hybridized carbons (Fsp3) is 0.150. The molecule has 0 aliphatic heterocycles. The average molecular weight is 401 g/mol. The van der Waals surface area contributed by atoms with Crippen molar-refractivity contribution in [2.45, 2.75) is 13.3 Å². The summed E-state index contributed by atoms with van der Waals surface area (Å²) < 4.78 is 10.7. The zero-order valence-electron chi connectivity index (χ0n) is 15.0. The standard InChI is InChI=1S/C20H17ClN2O5/c1-2-9-27-15-8-5-13-10-16(20(26)28-17(13)11-15)19(25)23-22-18(24)12-3-6-14(21)7-4-12/h3-8,10-11H,2,9H2,1H3,(H,22,24)(H,23,25). The lowest BCUT2D eigenvalue weighted by atomic mass is 10.1. The molecule has 2 amide bonds. The molecule has 2 aromatic carbocycles. The van der Waals surface area contributed by atoms with E-state index in [1.165, 1.54) is 18.2 Å². The number of amides is 2. The minimum atomic E-state index is -0.821. The highest BCUT2D eigenvalue weighted by Gasteiger charge is 2.15. The summed E-state index contributed by atoms with van der Waals surface area (Å²) in [5, 5.41) is 1.04. The number of ether oxygens (including phenoxy) is 1. The summed E-state index contributed by atoms with van der Waals surface area (Å²) in [5.41, 5.74) is 4.00. The van der Waals surface area contributed by atoms with Gasteiger partial charge in [0.25, 0.3) is 11.8 Å². The van der Waals surface area contributed by atoms with E-state index in [4.69, 9.17) is 20.8 Å². The molecule has 0 aliphatic carbocycles. The van der Waals surface area contributed by atoms with E-state index in [0.29, 0.717) is 33.9 Å². The predicted molar refractivity (Wildman–Crippen MR) is 105 cm³/mol. The summed E-state index contributed by atoms with van der Waals surface area (Å²) in [5.74, 6) is -0.762. The van der Waals surface area contributed by atoms with Gasteiger partial charge in [0.15, 0.2) is 0 Å². The first kappa shape index (κ1) is 19.4. The fourth-order valence-corrected chi connectivity index (χ4v) is 2.54. The molecule has 8 heteroatoms. The summed E-state index contributed by atoms with van der Waals surface area (Å²) in [4.78, 5) is 36.5. The highest BCUT2D eigenvalue weighted by molar-refractivity contribution is 6.30. The van der Waals surface area contributed by atoms with Crippen LogP contribution in [0.15, 0.2) is 57.7 Å². The Morgan fingerprint density at radius 1 is 1.04 bits per heavy atom. The van der Waals surface area contributed by atoms with Crippen LogP contribution < -0.4 is 21.2 Å². The van der Waals surface area contributed by atoms with E-state index in [1.54, 1.807) is 30.3 Å². The number of benzene rings is 2. The van der Waals surface area contributed by atoms with E-state index in [1.807, 2.05) is 6.92 Å². The van der Waals surface area contributed by atoms with Crippen LogP contribution in [-0.2, 0) is 0 Å². The van der Waals surface area contributed by atoms with Crippen LogP contribution in [0.25, 0.3) is 11.0 Å². The predicted octanol–water partition coefficient (Wildman–Crippen LogP) is 3.31. The molecule has 1 aromatic heterocycles. The molecule has 0 saturated carbocycles. The topological polar surface area (TPSA) is 97.6 Å². The Kier molecular flexibility index (Phi) is 5.96. The average Bonchev–Trinajstić information content (AvgIpc) is 2.70. The molecular weight excluding hydrogens is 384 g/mol. The zero-order chi connectivity index (χ0) is 20.1. The number of carbonyl (C=O) groups is 2. The van der Waals surface area contributed by atoms with Crippen LogP contribution in [0.5, 0.6) is 5.75 Å². The molecule has 28 heavy (non-hydrogen) atoms.